The molecule has 2 saturated heterocycles. The molecule has 3 heterocycles. The molecule has 1 aromatic heterocycles. The van der Waals surface area contributed by atoms with E-state index in [-0.39, 0.29) is 17.4 Å². The minimum Gasteiger partial charge on any atom is -0.340 e. The minimum absolute atomic E-state index is 0.0113. The average Bonchev–Trinajstić information content (AvgIpc) is 3.14. The fourth-order valence-electron chi connectivity index (χ4n) is 4.23. The number of nitroso groups, excluding NO2 is 1. The van der Waals surface area contributed by atoms with Gasteiger partial charge in [0, 0.05) is 55.1 Å². The van der Waals surface area contributed by atoms with E-state index in [0.717, 1.165) is 52.8 Å². The first-order chi connectivity index (χ1) is 13.5. The Balaban J connectivity index is 1.37. The van der Waals surface area contributed by atoms with E-state index in [1.807, 2.05) is 17.9 Å². The van der Waals surface area contributed by atoms with Crippen LogP contribution in [0, 0.1) is 10.8 Å². The minimum atomic E-state index is -0.130. The fourth-order valence-corrected chi connectivity index (χ4v) is 4.23. The highest BCUT2D eigenvalue weighted by Crippen LogP contribution is 2.19. The summed E-state index contributed by atoms with van der Waals surface area (Å²) in [6.07, 6.45) is 1.40. The van der Waals surface area contributed by atoms with E-state index >= 15 is 0 Å². The predicted molar refractivity (Wildman–Crippen MR) is 107 cm³/mol. The zero-order valence-electron chi connectivity index (χ0n) is 16.3. The number of hydrogen-bond acceptors (Lipinski definition) is 4. The number of piperazine rings is 1. The standard InChI is InChI=1S/C21H26N4O3/c1-2-16-12-17-4-3-15(11-19(17)22-20(16)26)13-23-7-9-24(10-8-23)21(27)18-5-6-25(28)14-18/h3-4,11-12,18H,2,5-10,13-14H2,1H3/p+1. The molecule has 0 spiro atoms. The molecule has 0 bridgehead atoms. The summed E-state index contributed by atoms with van der Waals surface area (Å²) in [6, 6.07) is 8.19. The molecule has 148 valence electrons. The van der Waals surface area contributed by atoms with E-state index in [0.29, 0.717) is 32.6 Å². The van der Waals surface area contributed by atoms with Crippen LogP contribution in [-0.4, -0.2) is 64.7 Å². The quantitative estimate of drug-likeness (QED) is 0.813. The molecule has 7 heteroatoms. The Kier molecular flexibility index (Phi) is 5.26. The molecule has 2 aliphatic rings. The first-order valence-corrected chi connectivity index (χ1v) is 10.1. The molecule has 4 rings (SSSR count). The van der Waals surface area contributed by atoms with E-state index in [9.17, 15) is 14.5 Å². The molecule has 1 atom stereocenters. The van der Waals surface area contributed by atoms with Crippen LogP contribution in [-0.2, 0) is 17.8 Å². The number of aromatic nitrogens is 1. The number of nitrogens with zero attached hydrogens (tertiary/aromatic N) is 3. The third kappa shape index (κ3) is 3.85. The lowest BCUT2D eigenvalue weighted by molar-refractivity contribution is -0.529. The molecule has 0 saturated carbocycles. The van der Waals surface area contributed by atoms with Crippen molar-refractivity contribution in [2.75, 3.05) is 39.3 Å². The fraction of sp³-hybridized carbons (Fsp3) is 0.524. The van der Waals surface area contributed by atoms with Crippen LogP contribution in [0.15, 0.2) is 29.1 Å². The van der Waals surface area contributed by atoms with Gasteiger partial charge in [-0.3, -0.25) is 14.5 Å². The van der Waals surface area contributed by atoms with Crippen molar-refractivity contribution in [3.05, 3.63) is 50.7 Å². The van der Waals surface area contributed by atoms with Crippen LogP contribution in [0.5, 0.6) is 0 Å². The normalized spacial score (nSPS) is 20.8. The highest BCUT2D eigenvalue weighted by atomic mass is 16.3. The molecule has 2 fully saturated rings. The Bertz CT molecular complexity index is 960. The molecule has 0 radical (unpaired) electrons. The number of rotatable bonds is 4. The first kappa shape index (κ1) is 18.8. The summed E-state index contributed by atoms with van der Waals surface area (Å²) in [7, 11) is 0. The van der Waals surface area contributed by atoms with Gasteiger partial charge in [-0.2, -0.15) is 0 Å². The number of H-pyrrole nitrogens is 1. The Morgan fingerprint density at radius 3 is 2.68 bits per heavy atom. The van der Waals surface area contributed by atoms with Gasteiger partial charge in [-0.05, 0) is 34.3 Å². The Labute approximate surface area is 163 Å². The van der Waals surface area contributed by atoms with Gasteiger partial charge in [0.1, 0.15) is 5.92 Å². The summed E-state index contributed by atoms with van der Waals surface area (Å²) in [6.45, 7) is 6.66. The van der Waals surface area contributed by atoms with Gasteiger partial charge in [-0.25, -0.2) is 0 Å². The van der Waals surface area contributed by atoms with Crippen molar-refractivity contribution in [2.45, 2.75) is 26.3 Å². The van der Waals surface area contributed by atoms with Gasteiger partial charge < -0.3 is 9.88 Å². The number of amides is 1. The smallest absolute Gasteiger partial charge is 0.251 e. The van der Waals surface area contributed by atoms with E-state index < -0.39 is 0 Å². The molecule has 28 heavy (non-hydrogen) atoms. The lowest BCUT2D eigenvalue weighted by atomic mass is 10.1. The Hall–Kier alpha value is -2.54. The summed E-state index contributed by atoms with van der Waals surface area (Å²) < 4.78 is 0.992. The van der Waals surface area contributed by atoms with E-state index in [4.69, 9.17) is 0 Å². The summed E-state index contributed by atoms with van der Waals surface area (Å²) >= 11 is 0. The molecule has 1 aromatic carbocycles. The lowest BCUT2D eigenvalue weighted by Gasteiger charge is -2.35. The molecule has 2 aromatic rings. The van der Waals surface area contributed by atoms with Gasteiger partial charge in [0.2, 0.25) is 12.5 Å². The first-order valence-electron chi connectivity index (χ1n) is 10.1. The Morgan fingerprint density at radius 2 is 2.00 bits per heavy atom. The van der Waals surface area contributed by atoms with E-state index in [1.54, 1.807) is 0 Å². The number of hydrogen-bond donors (Lipinski definition) is 1. The second-order valence-electron chi connectivity index (χ2n) is 7.87. The predicted octanol–water partition coefficient (Wildman–Crippen LogP) is 1.53. The summed E-state index contributed by atoms with van der Waals surface area (Å²) in [5, 5.41) is 1.06. The molecular formula is C21H27N4O3+. The number of fused-ring (bicyclic) bond motifs is 1. The maximum atomic E-state index is 12.5. The highest BCUT2D eigenvalue weighted by Gasteiger charge is 2.37. The monoisotopic (exact) mass is 383 g/mol. The van der Waals surface area contributed by atoms with Crippen molar-refractivity contribution in [1.29, 1.82) is 0 Å². The number of aromatic amines is 1. The lowest BCUT2D eigenvalue weighted by Crippen LogP contribution is -2.50. The van der Waals surface area contributed by atoms with Crippen LogP contribution < -0.4 is 5.56 Å². The molecule has 1 unspecified atom stereocenters. The third-order valence-corrected chi connectivity index (χ3v) is 5.96. The van der Waals surface area contributed by atoms with Gasteiger partial charge in [0.25, 0.3) is 5.56 Å². The van der Waals surface area contributed by atoms with Crippen molar-refractivity contribution in [1.82, 2.24) is 14.8 Å². The van der Waals surface area contributed by atoms with Gasteiger partial charge in [0.05, 0.1) is 0 Å². The van der Waals surface area contributed by atoms with Gasteiger partial charge in [0.15, 0.2) is 6.54 Å². The van der Waals surface area contributed by atoms with E-state index in [1.165, 1.54) is 0 Å². The number of nitrogens with one attached hydrogen (secondary N) is 1. The van der Waals surface area contributed by atoms with Crippen molar-refractivity contribution in [2.24, 2.45) is 5.92 Å². The summed E-state index contributed by atoms with van der Waals surface area (Å²) in [5.41, 5.74) is 2.83. The molecule has 1 amide bonds. The zero-order chi connectivity index (χ0) is 19.7. The number of carbonyl (C=O) groups excluding carboxylic acids is 1. The van der Waals surface area contributed by atoms with Crippen LogP contribution in [0.1, 0.15) is 24.5 Å². The molecule has 0 aliphatic carbocycles. The molecular weight excluding hydrogens is 356 g/mol. The van der Waals surface area contributed by atoms with Crippen molar-refractivity contribution < 1.29 is 9.55 Å². The molecule has 7 nitrogen and oxygen atoms in total. The van der Waals surface area contributed by atoms with Crippen molar-refractivity contribution in [3.8, 4) is 0 Å². The van der Waals surface area contributed by atoms with E-state index in [2.05, 4.69) is 28.1 Å². The highest BCUT2D eigenvalue weighted by molar-refractivity contribution is 5.80. The van der Waals surface area contributed by atoms with Crippen LogP contribution >= 0.6 is 0 Å². The van der Waals surface area contributed by atoms with Crippen LogP contribution in [0.2, 0.25) is 0 Å². The average molecular weight is 383 g/mol. The topological polar surface area (TPSA) is 76.5 Å². The molecule has 1 N–H and O–H groups in total. The van der Waals surface area contributed by atoms with Gasteiger partial charge >= 0.3 is 0 Å². The second kappa shape index (κ2) is 7.83. The van der Waals surface area contributed by atoms with Gasteiger partial charge in [-0.15, -0.1) is 0 Å². The Morgan fingerprint density at radius 1 is 1.21 bits per heavy atom. The number of aryl methyl sites for hydroxylation is 1. The van der Waals surface area contributed by atoms with Crippen LogP contribution in [0.4, 0.5) is 0 Å². The second-order valence-corrected chi connectivity index (χ2v) is 7.87. The maximum absolute atomic E-state index is 12.5. The summed E-state index contributed by atoms with van der Waals surface area (Å²) in [4.78, 5) is 43.2. The summed E-state index contributed by atoms with van der Waals surface area (Å²) in [5.74, 6) is 0.00221. The zero-order valence-corrected chi connectivity index (χ0v) is 16.3. The van der Waals surface area contributed by atoms with Crippen LogP contribution in [0.25, 0.3) is 10.9 Å². The van der Waals surface area contributed by atoms with Crippen molar-refractivity contribution in [3.63, 3.8) is 0 Å². The number of carbonyl (C=O) groups is 1. The van der Waals surface area contributed by atoms with Gasteiger partial charge in [-0.1, -0.05) is 19.1 Å². The number of benzene rings is 1. The molecule has 2 aliphatic heterocycles. The van der Waals surface area contributed by atoms with Crippen molar-refractivity contribution >= 4 is 16.8 Å². The van der Waals surface area contributed by atoms with Crippen LogP contribution in [0.3, 0.4) is 0 Å². The SMILES string of the molecule is CCc1cc2ccc(CN3CCN(C(=O)C4CC[N+](=O)C4)CC3)cc2[nH]c1=O. The largest absolute Gasteiger partial charge is 0.340 e. The maximum Gasteiger partial charge on any atom is 0.251 e. The third-order valence-electron chi connectivity index (χ3n) is 5.96. The number of pyridine rings is 1.